The molecule has 3 amide bonds. The van der Waals surface area contributed by atoms with Crippen molar-refractivity contribution in [3.05, 3.63) is 48.2 Å². The van der Waals surface area contributed by atoms with E-state index < -0.39 is 7.12 Å². The summed E-state index contributed by atoms with van der Waals surface area (Å²) in [5, 5.41) is 13.9. The molecule has 4 aliphatic rings. The molecule has 193 valence electrons. The van der Waals surface area contributed by atoms with Gasteiger partial charge in [-0.25, -0.2) is 15.1 Å². The highest BCUT2D eigenvalue weighted by Gasteiger charge is 2.36. The number of hydrogen-bond donors (Lipinski definition) is 0. The topological polar surface area (TPSA) is 114 Å². The first-order chi connectivity index (χ1) is 18.1. The molecule has 0 aromatic carbocycles. The molecule has 4 aliphatic heterocycles. The third-order valence-corrected chi connectivity index (χ3v) is 7.63. The maximum absolute atomic E-state index is 13.0. The lowest BCUT2D eigenvalue weighted by molar-refractivity contribution is -0.123. The van der Waals surface area contributed by atoms with E-state index in [-0.39, 0.29) is 17.7 Å². The van der Waals surface area contributed by atoms with E-state index in [2.05, 4.69) is 15.3 Å². The molecule has 6 heterocycles. The summed E-state index contributed by atoms with van der Waals surface area (Å²) in [6.07, 6.45) is 13.0. The van der Waals surface area contributed by atoms with Gasteiger partial charge in [-0.05, 0) is 63.1 Å². The zero-order chi connectivity index (χ0) is 25.4. The number of hydrogen-bond acceptors (Lipinski definition) is 7. The SMILES string of the molecule is O=C(C1=[N+]N([BH-](n2ccc(C(=O)N3CCCC3)n2)n2ccc(C(=O)N3CCCC3)n2)C=C1)N1CCCC1. The van der Waals surface area contributed by atoms with Gasteiger partial charge in [0.25, 0.3) is 11.8 Å². The Morgan fingerprint density at radius 2 is 1.11 bits per heavy atom. The van der Waals surface area contributed by atoms with Crippen molar-refractivity contribution in [2.75, 3.05) is 39.3 Å². The standard InChI is InChI=1S/C24H31BN9O3/c35-22(29-10-1-2-11-29)19-7-16-32(26-19)25(33-17-8-20(27-33)23(36)30-12-3-4-13-30)34-18-9-21(28-34)24(37)31-14-5-6-15-31/h7-9,16-18,25H,1-6,10-15H2. The molecule has 3 saturated heterocycles. The highest BCUT2D eigenvalue weighted by molar-refractivity contribution is 6.53. The molecule has 3 fully saturated rings. The lowest BCUT2D eigenvalue weighted by Gasteiger charge is -2.26. The fraction of sp³-hybridized carbons (Fsp3) is 0.500. The molecule has 37 heavy (non-hydrogen) atoms. The fourth-order valence-electron chi connectivity index (χ4n) is 5.59. The predicted octanol–water partition coefficient (Wildman–Crippen LogP) is -0.191. The third kappa shape index (κ3) is 4.53. The summed E-state index contributed by atoms with van der Waals surface area (Å²) in [5.41, 5.74) is 1.08. The number of aromatic nitrogens is 4. The first kappa shape index (κ1) is 23.5. The van der Waals surface area contributed by atoms with Crippen molar-refractivity contribution in [2.24, 2.45) is 0 Å². The second-order valence-electron chi connectivity index (χ2n) is 10.1. The summed E-state index contributed by atoms with van der Waals surface area (Å²) in [5.74, 6) is -0.277. The van der Waals surface area contributed by atoms with E-state index >= 15 is 0 Å². The van der Waals surface area contributed by atoms with Gasteiger partial charge in [-0.15, -0.1) is 0 Å². The Kier molecular flexibility index (Phi) is 6.27. The average Bonchev–Trinajstić information content (AvgIpc) is 3.75. The maximum Gasteiger partial charge on any atom is 0.374 e. The maximum atomic E-state index is 13.0. The molecule has 12 nitrogen and oxygen atoms in total. The minimum atomic E-state index is -1.83. The Morgan fingerprint density at radius 1 is 0.676 bits per heavy atom. The van der Waals surface area contributed by atoms with Crippen LogP contribution in [0.4, 0.5) is 0 Å². The molecule has 2 aromatic heterocycles. The van der Waals surface area contributed by atoms with Crippen molar-refractivity contribution in [2.45, 2.75) is 38.5 Å². The first-order valence-electron chi connectivity index (χ1n) is 13.3. The highest BCUT2D eigenvalue weighted by atomic mass is 16.2. The number of nitrogens with zero attached hydrogens (tertiary/aromatic N) is 9. The number of carbonyl (C=O) groups is 3. The van der Waals surface area contributed by atoms with Gasteiger partial charge in [-0.1, -0.05) is 0 Å². The molecule has 0 atom stereocenters. The number of rotatable bonds is 6. The lowest BCUT2D eigenvalue weighted by Crippen LogP contribution is -2.50. The Bertz CT molecular complexity index is 1180. The van der Waals surface area contributed by atoms with Crippen molar-refractivity contribution < 1.29 is 14.4 Å². The summed E-state index contributed by atoms with van der Waals surface area (Å²) in [4.78, 5) is 46.0. The van der Waals surface area contributed by atoms with Gasteiger partial charge < -0.3 is 23.9 Å². The van der Waals surface area contributed by atoms with E-state index in [0.717, 1.165) is 77.8 Å². The Balaban J connectivity index is 1.30. The van der Waals surface area contributed by atoms with Gasteiger partial charge in [0.15, 0.2) is 0 Å². The van der Waals surface area contributed by atoms with Crippen LogP contribution in [0, 0.1) is 0 Å². The molecule has 0 saturated carbocycles. The van der Waals surface area contributed by atoms with E-state index in [1.807, 2.05) is 14.7 Å². The Morgan fingerprint density at radius 3 is 1.57 bits per heavy atom. The van der Waals surface area contributed by atoms with Gasteiger partial charge in [0, 0.05) is 51.5 Å². The van der Waals surface area contributed by atoms with Crippen LogP contribution in [0.3, 0.4) is 0 Å². The summed E-state index contributed by atoms with van der Waals surface area (Å²) in [6, 6.07) is 3.42. The summed E-state index contributed by atoms with van der Waals surface area (Å²) in [7, 11) is -1.83. The molecule has 1 radical (unpaired) electrons. The molecule has 13 heteroatoms. The molecule has 0 spiro atoms. The zero-order valence-corrected chi connectivity index (χ0v) is 20.9. The van der Waals surface area contributed by atoms with Crippen LogP contribution < -0.4 is 5.10 Å². The molecule has 0 aliphatic carbocycles. The van der Waals surface area contributed by atoms with Gasteiger partial charge in [0.2, 0.25) is 0 Å². The Hall–Kier alpha value is -3.90. The van der Waals surface area contributed by atoms with E-state index in [0.29, 0.717) is 17.1 Å². The van der Waals surface area contributed by atoms with Crippen LogP contribution in [0.25, 0.3) is 0 Å². The van der Waals surface area contributed by atoms with Crippen molar-refractivity contribution >= 4 is 30.6 Å². The lowest BCUT2D eigenvalue weighted by atomic mass is 9.94. The van der Waals surface area contributed by atoms with Crippen LogP contribution in [0.5, 0.6) is 0 Å². The molecular weight excluding hydrogens is 473 g/mol. The third-order valence-electron chi connectivity index (χ3n) is 7.63. The minimum absolute atomic E-state index is 0.0925. The Labute approximate surface area is 215 Å². The molecule has 0 N–H and O–H groups in total. The summed E-state index contributed by atoms with van der Waals surface area (Å²) in [6.45, 7) is 4.44. The quantitative estimate of drug-likeness (QED) is 0.504. The molecule has 2 aromatic rings. The van der Waals surface area contributed by atoms with Crippen LogP contribution in [-0.2, 0) is 4.79 Å². The van der Waals surface area contributed by atoms with E-state index in [9.17, 15) is 14.4 Å². The molecule has 6 rings (SSSR count). The molecular formula is C24H31BN9O3. The monoisotopic (exact) mass is 504 g/mol. The average molecular weight is 504 g/mol. The van der Waals surface area contributed by atoms with Gasteiger partial charge in [0.05, 0.1) is 0 Å². The minimum Gasteiger partial charge on any atom is -0.399 e. The molecule has 0 bridgehead atoms. The zero-order valence-electron chi connectivity index (χ0n) is 20.9. The second-order valence-corrected chi connectivity index (χ2v) is 10.1. The van der Waals surface area contributed by atoms with Gasteiger partial charge in [0.1, 0.15) is 16.5 Å². The second kappa shape index (κ2) is 9.87. The smallest absolute Gasteiger partial charge is 0.374 e. The fourth-order valence-corrected chi connectivity index (χ4v) is 5.59. The van der Waals surface area contributed by atoms with E-state index in [4.69, 9.17) is 0 Å². The van der Waals surface area contributed by atoms with Gasteiger partial charge in [-0.3, -0.25) is 14.4 Å². The largest absolute Gasteiger partial charge is 0.399 e. The number of amides is 3. The van der Waals surface area contributed by atoms with Crippen molar-refractivity contribution in [1.29, 1.82) is 0 Å². The molecule has 0 unspecified atom stereocenters. The van der Waals surface area contributed by atoms with E-state index in [1.54, 1.807) is 50.9 Å². The van der Waals surface area contributed by atoms with Gasteiger partial charge >= 0.3 is 18.7 Å². The normalized spacial score (nSPS) is 19.5. The summed E-state index contributed by atoms with van der Waals surface area (Å²) >= 11 is 0. The number of carbonyl (C=O) groups excluding carboxylic acids is 3. The van der Waals surface area contributed by atoms with Crippen molar-refractivity contribution in [3.63, 3.8) is 0 Å². The van der Waals surface area contributed by atoms with Crippen LogP contribution in [0.1, 0.15) is 59.5 Å². The van der Waals surface area contributed by atoms with Crippen LogP contribution in [0.2, 0.25) is 0 Å². The first-order valence-corrected chi connectivity index (χ1v) is 13.3. The van der Waals surface area contributed by atoms with Crippen molar-refractivity contribution in [3.8, 4) is 0 Å². The van der Waals surface area contributed by atoms with E-state index in [1.165, 1.54) is 0 Å². The predicted molar refractivity (Wildman–Crippen MR) is 137 cm³/mol. The van der Waals surface area contributed by atoms with Gasteiger partial charge in [-0.2, -0.15) is 0 Å². The number of likely N-dealkylation sites (tertiary alicyclic amines) is 3. The van der Waals surface area contributed by atoms with Crippen molar-refractivity contribution in [1.82, 2.24) is 44.1 Å². The number of hydrazone groups is 1. The highest BCUT2D eigenvalue weighted by Crippen LogP contribution is 2.16. The summed E-state index contributed by atoms with van der Waals surface area (Å²) < 4.78 is 3.36. The van der Waals surface area contributed by atoms with Crippen LogP contribution in [0.15, 0.2) is 36.8 Å². The van der Waals surface area contributed by atoms with Crippen LogP contribution >= 0.6 is 0 Å². The van der Waals surface area contributed by atoms with Crippen LogP contribution in [-0.4, -0.2) is 109 Å².